The van der Waals surface area contributed by atoms with Gasteiger partial charge in [-0.25, -0.2) is 0 Å². The van der Waals surface area contributed by atoms with Crippen molar-refractivity contribution in [3.8, 4) is 11.5 Å². The van der Waals surface area contributed by atoms with Crippen LogP contribution in [0, 0.1) is 11.8 Å². The highest BCUT2D eigenvalue weighted by Gasteiger charge is 2.52. The smallest absolute Gasteiger partial charge is 0.324 e. The van der Waals surface area contributed by atoms with Gasteiger partial charge in [-0.15, -0.1) is 0 Å². The molecule has 3 aliphatic rings. The van der Waals surface area contributed by atoms with Gasteiger partial charge in [0.1, 0.15) is 5.76 Å². The number of fused-ring (bicyclic) bond motifs is 2. The van der Waals surface area contributed by atoms with Gasteiger partial charge in [0.15, 0.2) is 23.2 Å². The van der Waals surface area contributed by atoms with Crippen molar-refractivity contribution in [2.75, 3.05) is 19.2 Å². The largest absolute Gasteiger partial charge is 0.493 e. The second kappa shape index (κ2) is 6.78. The standard InChI is InChI=1S/C20H20N2O6/c1-10-16-17-12(23)5-4-6-14(17)28-20(25)18(16)19(24)22(21-10)11-7-8-13(26-2)15(9-11)27-3/h7-9,16,18H,4-6H2,1-3H3. The van der Waals surface area contributed by atoms with Crippen LogP contribution in [0.25, 0.3) is 0 Å². The van der Waals surface area contributed by atoms with E-state index in [1.807, 2.05) is 0 Å². The van der Waals surface area contributed by atoms with E-state index in [0.717, 1.165) is 0 Å². The van der Waals surface area contributed by atoms with Crippen LogP contribution in [0.1, 0.15) is 26.2 Å². The first-order chi connectivity index (χ1) is 13.5. The molecular formula is C20H20N2O6. The van der Waals surface area contributed by atoms with Crippen LogP contribution in [0.15, 0.2) is 34.6 Å². The minimum atomic E-state index is -1.12. The van der Waals surface area contributed by atoms with Crippen molar-refractivity contribution in [2.24, 2.45) is 16.9 Å². The van der Waals surface area contributed by atoms with E-state index in [2.05, 4.69) is 5.10 Å². The van der Waals surface area contributed by atoms with Gasteiger partial charge in [0.2, 0.25) is 0 Å². The van der Waals surface area contributed by atoms with Crippen LogP contribution in [-0.4, -0.2) is 37.6 Å². The van der Waals surface area contributed by atoms with E-state index in [4.69, 9.17) is 14.2 Å². The van der Waals surface area contributed by atoms with Crippen molar-refractivity contribution in [2.45, 2.75) is 26.2 Å². The SMILES string of the molecule is COc1ccc(N2N=C(C)C3C4=C(CCCC4=O)OC(=O)C3C2=O)cc1OC. The monoisotopic (exact) mass is 384 g/mol. The summed E-state index contributed by atoms with van der Waals surface area (Å²) < 4.78 is 15.9. The number of ether oxygens (including phenoxy) is 3. The summed E-state index contributed by atoms with van der Waals surface area (Å²) in [5.41, 5.74) is 1.39. The fourth-order valence-electron chi connectivity index (χ4n) is 4.01. The first-order valence-corrected chi connectivity index (χ1v) is 9.05. The lowest BCUT2D eigenvalue weighted by Gasteiger charge is -2.39. The lowest BCUT2D eigenvalue weighted by atomic mass is 9.74. The summed E-state index contributed by atoms with van der Waals surface area (Å²) in [7, 11) is 3.01. The number of benzene rings is 1. The zero-order valence-electron chi connectivity index (χ0n) is 15.9. The molecule has 0 N–H and O–H groups in total. The van der Waals surface area contributed by atoms with Crippen molar-refractivity contribution in [3.05, 3.63) is 29.5 Å². The highest BCUT2D eigenvalue weighted by Crippen LogP contribution is 2.42. The maximum absolute atomic E-state index is 13.2. The van der Waals surface area contributed by atoms with E-state index in [-0.39, 0.29) is 5.78 Å². The highest BCUT2D eigenvalue weighted by molar-refractivity contribution is 6.18. The fraction of sp³-hybridized carbons (Fsp3) is 0.400. The topological polar surface area (TPSA) is 94.5 Å². The van der Waals surface area contributed by atoms with E-state index < -0.39 is 23.7 Å². The molecule has 1 aromatic carbocycles. The van der Waals surface area contributed by atoms with Crippen LogP contribution in [0.5, 0.6) is 11.5 Å². The average molecular weight is 384 g/mol. The Labute approximate surface area is 161 Å². The Morgan fingerprint density at radius 3 is 2.54 bits per heavy atom. The first kappa shape index (κ1) is 18.2. The van der Waals surface area contributed by atoms with Gasteiger partial charge in [-0.2, -0.15) is 10.1 Å². The molecule has 0 bridgehead atoms. The minimum absolute atomic E-state index is 0.0781. The normalized spacial score (nSPS) is 24.3. The summed E-state index contributed by atoms with van der Waals surface area (Å²) >= 11 is 0. The first-order valence-electron chi connectivity index (χ1n) is 9.05. The number of nitrogens with zero attached hydrogens (tertiary/aromatic N) is 2. The molecule has 0 fully saturated rings. The number of rotatable bonds is 3. The summed E-state index contributed by atoms with van der Waals surface area (Å²) in [6, 6.07) is 4.92. The van der Waals surface area contributed by atoms with Crippen LogP contribution in [0.4, 0.5) is 5.69 Å². The Bertz CT molecular complexity index is 948. The molecule has 8 nitrogen and oxygen atoms in total. The van der Waals surface area contributed by atoms with Gasteiger partial charge in [-0.1, -0.05) is 0 Å². The van der Waals surface area contributed by atoms with Crippen LogP contribution in [-0.2, 0) is 19.1 Å². The lowest BCUT2D eigenvalue weighted by molar-refractivity contribution is -0.152. The van der Waals surface area contributed by atoms with Gasteiger partial charge in [0.05, 0.1) is 25.8 Å². The van der Waals surface area contributed by atoms with E-state index in [9.17, 15) is 14.4 Å². The molecule has 1 aromatic rings. The zero-order chi connectivity index (χ0) is 20.0. The number of allylic oxidation sites excluding steroid dienone is 2. The number of carbonyl (C=O) groups is 3. The number of hydrogen-bond donors (Lipinski definition) is 0. The number of esters is 1. The quantitative estimate of drug-likeness (QED) is 0.586. The second-order valence-electron chi connectivity index (χ2n) is 6.92. The molecule has 0 aromatic heterocycles. The number of ketones is 1. The number of amides is 1. The average Bonchev–Trinajstić information content (AvgIpc) is 2.69. The number of anilines is 1. The van der Waals surface area contributed by atoms with E-state index in [1.54, 1.807) is 25.1 Å². The third-order valence-corrected chi connectivity index (χ3v) is 5.32. The Hall–Kier alpha value is -3.16. The maximum atomic E-state index is 13.2. The van der Waals surface area contributed by atoms with E-state index >= 15 is 0 Å². The van der Waals surface area contributed by atoms with E-state index in [0.29, 0.717) is 53.5 Å². The van der Waals surface area contributed by atoms with Gasteiger partial charge in [0.25, 0.3) is 5.91 Å². The van der Waals surface area contributed by atoms with Crippen molar-refractivity contribution >= 4 is 29.1 Å². The van der Waals surface area contributed by atoms with Crippen LogP contribution in [0.2, 0.25) is 0 Å². The molecule has 0 saturated heterocycles. The van der Waals surface area contributed by atoms with Crippen molar-refractivity contribution < 1.29 is 28.6 Å². The molecule has 2 unspecified atom stereocenters. The molecule has 2 atom stereocenters. The summed E-state index contributed by atoms with van der Waals surface area (Å²) in [5, 5.41) is 5.58. The molecule has 28 heavy (non-hydrogen) atoms. The molecule has 2 heterocycles. The van der Waals surface area contributed by atoms with Gasteiger partial charge in [-0.3, -0.25) is 14.4 Å². The molecular weight excluding hydrogens is 364 g/mol. The Balaban J connectivity index is 1.79. The van der Waals surface area contributed by atoms with Gasteiger partial charge in [0, 0.05) is 30.2 Å². The number of hydrazone groups is 1. The van der Waals surface area contributed by atoms with Gasteiger partial charge >= 0.3 is 5.97 Å². The summed E-state index contributed by atoms with van der Waals surface area (Å²) in [4.78, 5) is 38.3. The minimum Gasteiger partial charge on any atom is -0.493 e. The molecule has 0 radical (unpaired) electrons. The van der Waals surface area contributed by atoms with Gasteiger partial charge < -0.3 is 14.2 Å². The molecule has 146 valence electrons. The Morgan fingerprint density at radius 1 is 1.07 bits per heavy atom. The fourth-order valence-corrected chi connectivity index (χ4v) is 4.01. The van der Waals surface area contributed by atoms with Crippen molar-refractivity contribution in [1.82, 2.24) is 0 Å². The van der Waals surface area contributed by atoms with E-state index in [1.165, 1.54) is 19.2 Å². The predicted molar refractivity (Wildman–Crippen MR) is 99.1 cm³/mol. The molecule has 0 saturated carbocycles. The van der Waals surface area contributed by atoms with Crippen LogP contribution < -0.4 is 14.5 Å². The van der Waals surface area contributed by atoms with Gasteiger partial charge in [-0.05, 0) is 25.5 Å². The molecule has 2 aliphatic heterocycles. The molecule has 4 rings (SSSR count). The Morgan fingerprint density at radius 2 is 1.82 bits per heavy atom. The van der Waals surface area contributed by atoms with Crippen LogP contribution in [0.3, 0.4) is 0 Å². The summed E-state index contributed by atoms with van der Waals surface area (Å²) in [6.07, 6.45) is 1.56. The summed E-state index contributed by atoms with van der Waals surface area (Å²) in [5.74, 6) is -1.69. The molecule has 0 spiro atoms. The van der Waals surface area contributed by atoms with Crippen LogP contribution >= 0.6 is 0 Å². The van der Waals surface area contributed by atoms with Crippen molar-refractivity contribution in [1.29, 1.82) is 0 Å². The molecule has 1 aliphatic carbocycles. The number of carbonyl (C=O) groups excluding carboxylic acids is 3. The second-order valence-corrected chi connectivity index (χ2v) is 6.92. The lowest BCUT2D eigenvalue weighted by Crippen LogP contribution is -2.52. The number of Topliss-reactive ketones (excluding diaryl/α,β-unsaturated/α-hetero) is 1. The number of hydrogen-bond acceptors (Lipinski definition) is 7. The third kappa shape index (κ3) is 2.67. The zero-order valence-corrected chi connectivity index (χ0v) is 15.9. The summed E-state index contributed by atoms with van der Waals surface area (Å²) in [6.45, 7) is 1.73. The third-order valence-electron chi connectivity index (χ3n) is 5.32. The maximum Gasteiger partial charge on any atom is 0.324 e. The number of methoxy groups -OCH3 is 2. The molecule has 1 amide bonds. The predicted octanol–water partition coefficient (Wildman–Crippen LogP) is 2.22. The Kier molecular flexibility index (Phi) is 4.41. The van der Waals surface area contributed by atoms with Crippen molar-refractivity contribution in [3.63, 3.8) is 0 Å². The highest BCUT2D eigenvalue weighted by atomic mass is 16.5. The molecule has 8 heteroatoms.